The fraction of sp³-hybridized carbons (Fsp3) is 0.143. The van der Waals surface area contributed by atoms with Crippen LogP contribution in [0, 0.1) is 0 Å². The Kier molecular flexibility index (Phi) is 3.66. The van der Waals surface area contributed by atoms with Crippen molar-refractivity contribution < 1.29 is 19.4 Å². The maximum atomic E-state index is 11.2. The van der Waals surface area contributed by atoms with Crippen LogP contribution in [0.25, 0.3) is 0 Å². The number of hydrogen-bond acceptors (Lipinski definition) is 5. The van der Waals surface area contributed by atoms with Crippen LogP contribution in [0.15, 0.2) is 34.9 Å². The second-order valence-electron chi connectivity index (χ2n) is 4.40. The van der Waals surface area contributed by atoms with Gasteiger partial charge in [-0.1, -0.05) is 6.07 Å². The first-order valence-electron chi connectivity index (χ1n) is 6.15. The van der Waals surface area contributed by atoms with E-state index in [1.807, 2.05) is 18.2 Å². The van der Waals surface area contributed by atoms with Gasteiger partial charge < -0.3 is 19.9 Å². The van der Waals surface area contributed by atoms with E-state index in [1.165, 1.54) is 6.07 Å². The van der Waals surface area contributed by atoms with Crippen LogP contribution in [0.1, 0.15) is 15.9 Å². The Labute approximate surface area is 128 Å². The number of ether oxygens (including phenoxy) is 2. The van der Waals surface area contributed by atoms with Gasteiger partial charge in [-0.25, -0.2) is 9.78 Å². The highest BCUT2D eigenvalue weighted by Gasteiger charge is 2.15. The van der Waals surface area contributed by atoms with Crippen molar-refractivity contribution in [3.05, 3.63) is 46.1 Å². The summed E-state index contributed by atoms with van der Waals surface area (Å²) >= 11 is 3.21. The molecule has 1 aliphatic rings. The van der Waals surface area contributed by atoms with Gasteiger partial charge in [-0.05, 0) is 39.7 Å². The number of aromatic carboxylic acids is 1. The zero-order valence-corrected chi connectivity index (χ0v) is 12.4. The highest BCUT2D eigenvalue weighted by atomic mass is 79.9. The number of hydrogen-bond donors (Lipinski definition) is 2. The minimum atomic E-state index is -1.03. The first kappa shape index (κ1) is 13.7. The molecule has 1 aromatic carbocycles. The normalized spacial score (nSPS) is 12.2. The van der Waals surface area contributed by atoms with E-state index in [2.05, 4.69) is 26.2 Å². The standard InChI is InChI=1S/C14H11BrN2O4/c15-9-4-10(14(18)19)13(17-6-9)16-5-8-1-2-11-12(3-8)21-7-20-11/h1-4,6H,5,7H2,(H,16,17)(H,18,19). The molecular formula is C14H11BrN2O4. The molecule has 0 saturated carbocycles. The van der Waals surface area contributed by atoms with E-state index in [1.54, 1.807) is 6.20 Å². The largest absolute Gasteiger partial charge is 0.478 e. The first-order valence-corrected chi connectivity index (χ1v) is 6.94. The van der Waals surface area contributed by atoms with Gasteiger partial charge in [-0.2, -0.15) is 0 Å². The van der Waals surface area contributed by atoms with E-state index in [9.17, 15) is 9.90 Å². The minimum Gasteiger partial charge on any atom is -0.478 e. The number of fused-ring (bicyclic) bond motifs is 1. The number of carbonyl (C=O) groups is 1. The number of benzene rings is 1. The van der Waals surface area contributed by atoms with Gasteiger partial charge in [0, 0.05) is 17.2 Å². The van der Waals surface area contributed by atoms with E-state index in [0.29, 0.717) is 28.3 Å². The zero-order chi connectivity index (χ0) is 14.8. The highest BCUT2D eigenvalue weighted by molar-refractivity contribution is 9.10. The van der Waals surface area contributed by atoms with Crippen LogP contribution in [-0.4, -0.2) is 22.9 Å². The Balaban J connectivity index is 1.77. The van der Waals surface area contributed by atoms with Gasteiger partial charge in [0.25, 0.3) is 0 Å². The molecule has 2 aromatic rings. The number of nitrogens with zero attached hydrogens (tertiary/aromatic N) is 1. The first-order chi connectivity index (χ1) is 10.1. The molecule has 0 atom stereocenters. The summed E-state index contributed by atoms with van der Waals surface area (Å²) in [6, 6.07) is 7.08. The van der Waals surface area contributed by atoms with Gasteiger partial charge in [0.05, 0.1) is 0 Å². The maximum absolute atomic E-state index is 11.2. The molecule has 6 nitrogen and oxygen atoms in total. The average Bonchev–Trinajstić information content (AvgIpc) is 2.93. The summed E-state index contributed by atoms with van der Waals surface area (Å²) in [5.74, 6) is 0.698. The lowest BCUT2D eigenvalue weighted by Crippen LogP contribution is -2.08. The van der Waals surface area contributed by atoms with Crippen molar-refractivity contribution in [1.82, 2.24) is 4.98 Å². The van der Waals surface area contributed by atoms with Crippen LogP contribution in [0.5, 0.6) is 11.5 Å². The molecule has 0 amide bonds. The van der Waals surface area contributed by atoms with Crippen molar-refractivity contribution in [2.75, 3.05) is 12.1 Å². The summed E-state index contributed by atoms with van der Waals surface area (Å²) in [4.78, 5) is 15.3. The number of aromatic nitrogens is 1. The lowest BCUT2D eigenvalue weighted by Gasteiger charge is -2.09. The van der Waals surface area contributed by atoms with Crippen molar-refractivity contribution >= 4 is 27.7 Å². The Bertz CT molecular complexity index is 705. The summed E-state index contributed by atoms with van der Waals surface area (Å²) in [6.45, 7) is 0.662. The molecule has 1 aromatic heterocycles. The molecule has 0 bridgehead atoms. The molecule has 0 saturated heterocycles. The SMILES string of the molecule is O=C(O)c1cc(Br)cnc1NCc1ccc2c(c1)OCO2. The fourth-order valence-corrected chi connectivity index (χ4v) is 2.31. The van der Waals surface area contributed by atoms with E-state index in [4.69, 9.17) is 9.47 Å². The van der Waals surface area contributed by atoms with Crippen molar-refractivity contribution in [1.29, 1.82) is 0 Å². The molecule has 21 heavy (non-hydrogen) atoms. The van der Waals surface area contributed by atoms with Crippen molar-refractivity contribution in [3.63, 3.8) is 0 Å². The smallest absolute Gasteiger partial charge is 0.339 e. The fourth-order valence-electron chi connectivity index (χ4n) is 1.98. The van der Waals surface area contributed by atoms with Crippen LogP contribution in [0.3, 0.4) is 0 Å². The third-order valence-electron chi connectivity index (χ3n) is 2.98. The molecule has 0 radical (unpaired) electrons. The van der Waals surface area contributed by atoms with E-state index in [-0.39, 0.29) is 12.4 Å². The van der Waals surface area contributed by atoms with E-state index >= 15 is 0 Å². The Morgan fingerprint density at radius 3 is 2.95 bits per heavy atom. The third kappa shape index (κ3) is 2.92. The van der Waals surface area contributed by atoms with Gasteiger partial charge in [-0.15, -0.1) is 0 Å². The molecule has 1 aliphatic heterocycles. The van der Waals surface area contributed by atoms with Crippen molar-refractivity contribution in [3.8, 4) is 11.5 Å². The molecule has 108 valence electrons. The zero-order valence-electron chi connectivity index (χ0n) is 10.8. The predicted molar refractivity (Wildman–Crippen MR) is 78.8 cm³/mol. The summed E-state index contributed by atoms with van der Waals surface area (Å²) in [5.41, 5.74) is 1.06. The summed E-state index contributed by atoms with van der Waals surface area (Å²) in [5, 5.41) is 12.2. The van der Waals surface area contributed by atoms with E-state index in [0.717, 1.165) is 5.56 Å². The molecule has 0 fully saturated rings. The summed E-state index contributed by atoms with van der Waals surface area (Å²) < 4.78 is 11.2. The molecule has 3 rings (SSSR count). The topological polar surface area (TPSA) is 80.7 Å². The maximum Gasteiger partial charge on any atom is 0.339 e. The molecule has 0 spiro atoms. The van der Waals surface area contributed by atoms with Crippen LogP contribution < -0.4 is 14.8 Å². The Morgan fingerprint density at radius 2 is 2.14 bits per heavy atom. The van der Waals surface area contributed by atoms with Gasteiger partial charge in [0.2, 0.25) is 6.79 Å². The number of pyridine rings is 1. The molecule has 2 heterocycles. The van der Waals surface area contributed by atoms with Gasteiger partial charge in [0.15, 0.2) is 11.5 Å². The molecule has 7 heteroatoms. The molecule has 0 aliphatic carbocycles. The number of carboxylic acid groups (broad SMARTS) is 1. The van der Waals surface area contributed by atoms with Crippen LogP contribution >= 0.6 is 15.9 Å². The average molecular weight is 351 g/mol. The van der Waals surface area contributed by atoms with Crippen LogP contribution in [0.2, 0.25) is 0 Å². The Morgan fingerprint density at radius 1 is 1.33 bits per heavy atom. The lowest BCUT2D eigenvalue weighted by atomic mass is 10.2. The van der Waals surface area contributed by atoms with Crippen molar-refractivity contribution in [2.24, 2.45) is 0 Å². The monoisotopic (exact) mass is 350 g/mol. The van der Waals surface area contributed by atoms with Crippen LogP contribution in [-0.2, 0) is 6.54 Å². The van der Waals surface area contributed by atoms with Gasteiger partial charge in [-0.3, -0.25) is 0 Å². The molecule has 2 N–H and O–H groups in total. The Hall–Kier alpha value is -2.28. The molecule has 0 unspecified atom stereocenters. The van der Waals surface area contributed by atoms with Crippen LogP contribution in [0.4, 0.5) is 5.82 Å². The number of carboxylic acids is 1. The van der Waals surface area contributed by atoms with Gasteiger partial charge in [0.1, 0.15) is 11.4 Å². The van der Waals surface area contributed by atoms with Gasteiger partial charge >= 0.3 is 5.97 Å². The number of halogens is 1. The number of rotatable bonds is 4. The second-order valence-corrected chi connectivity index (χ2v) is 5.31. The third-order valence-corrected chi connectivity index (χ3v) is 3.42. The van der Waals surface area contributed by atoms with E-state index < -0.39 is 5.97 Å². The number of anilines is 1. The second kappa shape index (κ2) is 5.61. The quantitative estimate of drug-likeness (QED) is 0.882. The lowest BCUT2D eigenvalue weighted by molar-refractivity contribution is 0.0697. The predicted octanol–water partition coefficient (Wildman–Crippen LogP) is 2.88. The summed E-state index contributed by atoms with van der Waals surface area (Å²) in [7, 11) is 0. The minimum absolute atomic E-state index is 0.116. The number of nitrogens with one attached hydrogen (secondary N) is 1. The van der Waals surface area contributed by atoms with Crippen molar-refractivity contribution in [2.45, 2.75) is 6.54 Å². The highest BCUT2D eigenvalue weighted by Crippen LogP contribution is 2.32. The summed E-state index contributed by atoms with van der Waals surface area (Å²) in [6.07, 6.45) is 1.55. The molecular weight excluding hydrogens is 340 g/mol.